The quantitative estimate of drug-likeness (QED) is 0.736. The van der Waals surface area contributed by atoms with Gasteiger partial charge in [-0.15, -0.1) is 0 Å². The molecule has 0 spiro atoms. The third-order valence-corrected chi connectivity index (χ3v) is 5.43. The van der Waals surface area contributed by atoms with Gasteiger partial charge < -0.3 is 10.0 Å². The lowest BCUT2D eigenvalue weighted by molar-refractivity contribution is 0.0972. The van der Waals surface area contributed by atoms with Crippen molar-refractivity contribution < 1.29 is 5.11 Å². The Morgan fingerprint density at radius 1 is 1.00 bits per heavy atom. The summed E-state index contributed by atoms with van der Waals surface area (Å²) in [7, 11) is 0. The van der Waals surface area contributed by atoms with Crippen LogP contribution in [0.25, 0.3) is 0 Å². The number of piperidine rings is 1. The van der Waals surface area contributed by atoms with Crippen LogP contribution in [0, 0.1) is 3.57 Å². The van der Waals surface area contributed by atoms with Crippen molar-refractivity contribution in [1.82, 2.24) is 4.90 Å². The third kappa shape index (κ3) is 5.03. The van der Waals surface area contributed by atoms with E-state index in [4.69, 9.17) is 0 Å². The molecule has 1 N–H and O–H groups in total. The van der Waals surface area contributed by atoms with E-state index in [9.17, 15) is 5.11 Å². The fraction of sp³-hybridized carbons (Fsp3) is 0.400. The van der Waals surface area contributed by atoms with Gasteiger partial charge in [-0.3, -0.25) is 0 Å². The van der Waals surface area contributed by atoms with Crippen molar-refractivity contribution >= 4 is 22.6 Å². The van der Waals surface area contributed by atoms with E-state index >= 15 is 0 Å². The molecule has 2 aromatic carbocycles. The Bertz CT molecular complexity index is 591. The molecule has 1 aliphatic heterocycles. The molecular weight excluding hydrogens is 397 g/mol. The molecule has 122 valence electrons. The van der Waals surface area contributed by atoms with E-state index < -0.39 is 0 Å². The van der Waals surface area contributed by atoms with Crippen molar-refractivity contribution in [2.75, 3.05) is 19.6 Å². The Morgan fingerprint density at radius 3 is 2.30 bits per heavy atom. The fourth-order valence-corrected chi connectivity index (χ4v) is 3.79. The highest BCUT2D eigenvalue weighted by Crippen LogP contribution is 2.27. The molecule has 1 aliphatic rings. The van der Waals surface area contributed by atoms with Crippen molar-refractivity contribution in [3.8, 4) is 0 Å². The largest absolute Gasteiger partial charge is 0.391 e. The Balaban J connectivity index is 1.46. The number of β-amino-alcohol motifs (C(OH)–C–C–N with tert-alkyl or cyclic N) is 1. The van der Waals surface area contributed by atoms with Gasteiger partial charge >= 0.3 is 0 Å². The minimum absolute atomic E-state index is 0.275. The van der Waals surface area contributed by atoms with Crippen LogP contribution >= 0.6 is 22.6 Å². The number of hydrogen-bond acceptors (Lipinski definition) is 2. The summed E-state index contributed by atoms with van der Waals surface area (Å²) in [6.07, 6.45) is 2.86. The van der Waals surface area contributed by atoms with Gasteiger partial charge in [-0.1, -0.05) is 42.5 Å². The van der Waals surface area contributed by atoms with Gasteiger partial charge in [0.25, 0.3) is 0 Å². The molecular formula is C20H24INO. The second-order valence-corrected chi connectivity index (χ2v) is 7.72. The highest BCUT2D eigenvalue weighted by molar-refractivity contribution is 14.1. The summed E-state index contributed by atoms with van der Waals surface area (Å²) in [6.45, 7) is 2.96. The van der Waals surface area contributed by atoms with Crippen LogP contribution in [0.2, 0.25) is 0 Å². The zero-order valence-corrected chi connectivity index (χ0v) is 15.5. The molecule has 2 aromatic rings. The number of hydrogen-bond donors (Lipinski definition) is 1. The molecule has 0 aliphatic carbocycles. The molecule has 0 amide bonds. The SMILES string of the molecule is OC(Cc1ccc(I)cc1)CN1CCC(c2ccccc2)CC1. The Hall–Kier alpha value is -0.910. The Morgan fingerprint density at radius 2 is 1.65 bits per heavy atom. The number of aliphatic hydroxyl groups is 1. The van der Waals surface area contributed by atoms with E-state index in [0.717, 1.165) is 26.1 Å². The minimum Gasteiger partial charge on any atom is -0.391 e. The van der Waals surface area contributed by atoms with E-state index in [1.54, 1.807) is 0 Å². The van der Waals surface area contributed by atoms with Gasteiger partial charge in [0.05, 0.1) is 6.10 Å². The molecule has 1 unspecified atom stereocenters. The number of rotatable bonds is 5. The predicted molar refractivity (Wildman–Crippen MR) is 104 cm³/mol. The average Bonchev–Trinajstić information content (AvgIpc) is 2.58. The summed E-state index contributed by atoms with van der Waals surface area (Å²) in [5, 5.41) is 10.4. The fourth-order valence-electron chi connectivity index (χ4n) is 3.43. The minimum atomic E-state index is -0.275. The smallest absolute Gasteiger partial charge is 0.0707 e. The maximum Gasteiger partial charge on any atom is 0.0707 e. The van der Waals surface area contributed by atoms with Gasteiger partial charge in [0.2, 0.25) is 0 Å². The van der Waals surface area contributed by atoms with E-state index in [2.05, 4.69) is 82.1 Å². The first-order valence-corrected chi connectivity index (χ1v) is 9.48. The maximum absolute atomic E-state index is 10.4. The summed E-state index contributed by atoms with van der Waals surface area (Å²) in [5.41, 5.74) is 2.68. The monoisotopic (exact) mass is 421 g/mol. The van der Waals surface area contributed by atoms with Gasteiger partial charge in [-0.25, -0.2) is 0 Å². The van der Waals surface area contributed by atoms with Crippen molar-refractivity contribution in [2.45, 2.75) is 31.3 Å². The molecule has 3 rings (SSSR count). The van der Waals surface area contributed by atoms with Crippen LogP contribution in [0.3, 0.4) is 0 Å². The van der Waals surface area contributed by atoms with Gasteiger partial charge in [-0.2, -0.15) is 0 Å². The van der Waals surface area contributed by atoms with Gasteiger partial charge in [0, 0.05) is 10.1 Å². The molecule has 2 nitrogen and oxygen atoms in total. The van der Waals surface area contributed by atoms with Crippen LogP contribution in [-0.4, -0.2) is 35.7 Å². The number of likely N-dealkylation sites (tertiary alicyclic amines) is 1. The van der Waals surface area contributed by atoms with Crippen molar-refractivity contribution in [2.24, 2.45) is 0 Å². The Kier molecular flexibility index (Phi) is 6.08. The maximum atomic E-state index is 10.4. The first kappa shape index (κ1) is 16.9. The highest BCUT2D eigenvalue weighted by atomic mass is 127. The lowest BCUT2D eigenvalue weighted by atomic mass is 9.89. The van der Waals surface area contributed by atoms with Gasteiger partial charge in [0.1, 0.15) is 0 Å². The zero-order chi connectivity index (χ0) is 16.1. The van der Waals surface area contributed by atoms with Crippen LogP contribution in [0.15, 0.2) is 54.6 Å². The zero-order valence-electron chi connectivity index (χ0n) is 13.4. The average molecular weight is 421 g/mol. The molecule has 0 saturated carbocycles. The molecule has 23 heavy (non-hydrogen) atoms. The van der Waals surface area contributed by atoms with Crippen LogP contribution < -0.4 is 0 Å². The first-order chi connectivity index (χ1) is 11.2. The molecule has 0 radical (unpaired) electrons. The van der Waals surface area contributed by atoms with Crippen LogP contribution in [0.1, 0.15) is 29.9 Å². The summed E-state index contributed by atoms with van der Waals surface area (Å²) in [4.78, 5) is 2.41. The first-order valence-electron chi connectivity index (χ1n) is 8.40. The lowest BCUT2D eigenvalue weighted by Crippen LogP contribution is -2.39. The predicted octanol–water partition coefficient (Wildman–Crippen LogP) is 4.07. The normalized spacial score (nSPS) is 18.0. The number of halogens is 1. The Labute approximate surface area is 152 Å². The standard InChI is InChI=1S/C20H24INO/c21-19-8-6-16(7-9-19)14-20(23)15-22-12-10-18(11-13-22)17-4-2-1-3-5-17/h1-9,18,20,23H,10-15H2. The number of aliphatic hydroxyl groups excluding tert-OH is 1. The van der Waals surface area contributed by atoms with Gasteiger partial charge in [0.15, 0.2) is 0 Å². The van der Waals surface area contributed by atoms with Gasteiger partial charge in [-0.05, 0) is 84.1 Å². The van der Waals surface area contributed by atoms with Crippen LogP contribution in [0.4, 0.5) is 0 Å². The summed E-state index contributed by atoms with van der Waals surface area (Å²) >= 11 is 2.31. The molecule has 0 aromatic heterocycles. The molecule has 0 bridgehead atoms. The second-order valence-electron chi connectivity index (χ2n) is 6.47. The molecule has 3 heteroatoms. The summed E-state index contributed by atoms with van der Waals surface area (Å²) in [5.74, 6) is 0.681. The van der Waals surface area contributed by atoms with E-state index in [1.807, 2.05) is 0 Å². The third-order valence-electron chi connectivity index (χ3n) is 4.71. The summed E-state index contributed by atoms with van der Waals surface area (Å²) < 4.78 is 1.24. The lowest BCUT2D eigenvalue weighted by Gasteiger charge is -2.33. The van der Waals surface area contributed by atoms with Crippen LogP contribution in [0.5, 0.6) is 0 Å². The van der Waals surface area contributed by atoms with E-state index in [1.165, 1.54) is 27.5 Å². The van der Waals surface area contributed by atoms with E-state index in [0.29, 0.717) is 5.92 Å². The van der Waals surface area contributed by atoms with Crippen LogP contribution in [-0.2, 0) is 6.42 Å². The molecule has 1 heterocycles. The van der Waals surface area contributed by atoms with E-state index in [-0.39, 0.29) is 6.10 Å². The summed E-state index contributed by atoms with van der Waals surface area (Å²) in [6, 6.07) is 19.3. The highest BCUT2D eigenvalue weighted by Gasteiger charge is 2.22. The molecule has 1 fully saturated rings. The number of nitrogens with zero attached hydrogens (tertiary/aromatic N) is 1. The van der Waals surface area contributed by atoms with Crippen molar-refractivity contribution in [3.63, 3.8) is 0 Å². The van der Waals surface area contributed by atoms with Crippen molar-refractivity contribution in [3.05, 3.63) is 69.3 Å². The number of benzene rings is 2. The van der Waals surface area contributed by atoms with Crippen molar-refractivity contribution in [1.29, 1.82) is 0 Å². The second kappa shape index (κ2) is 8.27. The molecule has 1 saturated heterocycles. The topological polar surface area (TPSA) is 23.5 Å². The molecule has 1 atom stereocenters.